The number of carbonyl (C=O) groups excluding carboxylic acids is 3. The monoisotopic (exact) mass is 475 g/mol. The third-order valence-electron chi connectivity index (χ3n) is 4.17. The second-order valence-corrected chi connectivity index (χ2v) is 6.83. The second-order valence-electron chi connectivity index (χ2n) is 5.97. The summed E-state index contributed by atoms with van der Waals surface area (Å²) in [5.41, 5.74) is -0.260. The van der Waals surface area contributed by atoms with Crippen LogP contribution in [0.4, 0.5) is 16.2 Å². The lowest BCUT2D eigenvalue weighted by Gasteiger charge is -2.26. The Labute approximate surface area is 178 Å². The maximum Gasteiger partial charge on any atom is 0.335 e. The van der Waals surface area contributed by atoms with Gasteiger partial charge in [0.25, 0.3) is 17.5 Å². The summed E-state index contributed by atoms with van der Waals surface area (Å²) >= 11 is 3.33. The van der Waals surface area contributed by atoms with Crippen LogP contribution in [0.15, 0.2) is 46.4 Å². The molecular formula is C19H14BrN3O7. The van der Waals surface area contributed by atoms with Gasteiger partial charge >= 0.3 is 6.03 Å². The standard InChI is InChI=1S/C19H14BrN3O7/c1-29-15-8-10(7-14(20)16(15)30-2)6-13-17(24)21-19(26)22(18(13)25)11-4-3-5-12(9-11)23(27)28/h3-9H,1-2H3,(H,21,24,26)/b13-6+. The molecule has 1 aliphatic rings. The van der Waals surface area contributed by atoms with E-state index in [1.54, 1.807) is 12.1 Å². The van der Waals surface area contributed by atoms with E-state index in [2.05, 4.69) is 21.2 Å². The van der Waals surface area contributed by atoms with Crippen molar-refractivity contribution in [2.75, 3.05) is 19.1 Å². The van der Waals surface area contributed by atoms with Gasteiger partial charge in [0.2, 0.25) is 0 Å². The molecule has 1 N–H and O–H groups in total. The van der Waals surface area contributed by atoms with E-state index in [0.717, 1.165) is 6.07 Å². The van der Waals surface area contributed by atoms with E-state index in [-0.39, 0.29) is 16.9 Å². The Morgan fingerprint density at radius 3 is 2.50 bits per heavy atom. The van der Waals surface area contributed by atoms with Crippen LogP contribution in [0.3, 0.4) is 0 Å². The van der Waals surface area contributed by atoms with E-state index >= 15 is 0 Å². The topological polar surface area (TPSA) is 128 Å². The molecule has 11 heteroatoms. The number of benzene rings is 2. The lowest BCUT2D eigenvalue weighted by Crippen LogP contribution is -2.54. The lowest BCUT2D eigenvalue weighted by atomic mass is 10.1. The predicted molar refractivity (Wildman–Crippen MR) is 109 cm³/mol. The molecule has 1 saturated heterocycles. The zero-order valence-electron chi connectivity index (χ0n) is 15.7. The Morgan fingerprint density at radius 2 is 1.87 bits per heavy atom. The summed E-state index contributed by atoms with van der Waals surface area (Å²) in [6.07, 6.45) is 1.28. The Hall–Kier alpha value is -3.73. The Balaban J connectivity index is 2.06. The number of barbiturate groups is 1. The number of nitro benzene ring substituents is 1. The molecule has 154 valence electrons. The van der Waals surface area contributed by atoms with Crippen LogP contribution in [-0.2, 0) is 9.59 Å². The minimum atomic E-state index is -1.00. The molecule has 0 aromatic heterocycles. The molecule has 0 aliphatic carbocycles. The summed E-state index contributed by atoms with van der Waals surface area (Å²) in [5.74, 6) is -1.03. The van der Waals surface area contributed by atoms with E-state index in [0.29, 0.717) is 26.4 Å². The van der Waals surface area contributed by atoms with Gasteiger partial charge in [-0.05, 0) is 45.8 Å². The SMILES string of the molecule is COc1cc(/C=C2\C(=O)NC(=O)N(c3cccc([N+](=O)[O-])c3)C2=O)cc(Br)c1OC. The van der Waals surface area contributed by atoms with Crippen molar-refractivity contribution in [1.82, 2.24) is 5.32 Å². The first-order valence-corrected chi connectivity index (χ1v) is 9.13. The number of hydrogen-bond donors (Lipinski definition) is 1. The van der Waals surface area contributed by atoms with Gasteiger partial charge in [-0.15, -0.1) is 0 Å². The van der Waals surface area contributed by atoms with Crippen LogP contribution in [0.5, 0.6) is 11.5 Å². The molecule has 1 aliphatic heterocycles. The summed E-state index contributed by atoms with van der Waals surface area (Å²) in [6, 6.07) is 7.12. The molecule has 2 aromatic rings. The number of hydrogen-bond acceptors (Lipinski definition) is 7. The molecule has 0 atom stereocenters. The van der Waals surface area contributed by atoms with Crippen molar-refractivity contribution in [2.24, 2.45) is 0 Å². The Morgan fingerprint density at radius 1 is 1.13 bits per heavy atom. The number of nitrogens with one attached hydrogen (secondary N) is 1. The number of rotatable bonds is 5. The quantitative estimate of drug-likeness (QED) is 0.304. The van der Waals surface area contributed by atoms with Crippen molar-refractivity contribution >= 4 is 51.2 Å². The molecule has 30 heavy (non-hydrogen) atoms. The maximum absolute atomic E-state index is 12.9. The van der Waals surface area contributed by atoms with Crippen molar-refractivity contribution in [3.63, 3.8) is 0 Å². The minimum absolute atomic E-state index is 0.0430. The number of nitro groups is 1. The number of imide groups is 2. The second kappa shape index (κ2) is 8.33. The molecule has 2 aromatic carbocycles. The summed E-state index contributed by atoms with van der Waals surface area (Å²) < 4.78 is 11.0. The van der Waals surface area contributed by atoms with Gasteiger partial charge < -0.3 is 9.47 Å². The van der Waals surface area contributed by atoms with Crippen LogP contribution < -0.4 is 19.7 Å². The summed E-state index contributed by atoms with van der Waals surface area (Å²) in [4.78, 5) is 48.5. The number of methoxy groups -OCH3 is 2. The minimum Gasteiger partial charge on any atom is -0.493 e. The van der Waals surface area contributed by atoms with E-state index in [4.69, 9.17) is 9.47 Å². The first-order chi connectivity index (χ1) is 14.3. The molecule has 0 radical (unpaired) electrons. The zero-order valence-corrected chi connectivity index (χ0v) is 17.3. The van der Waals surface area contributed by atoms with Gasteiger partial charge in [0, 0.05) is 12.1 Å². The Kier molecular flexibility index (Phi) is 5.83. The van der Waals surface area contributed by atoms with Crippen molar-refractivity contribution in [3.8, 4) is 11.5 Å². The smallest absolute Gasteiger partial charge is 0.335 e. The number of urea groups is 1. The number of nitrogens with zero attached hydrogens (tertiary/aromatic N) is 2. The highest BCUT2D eigenvalue weighted by molar-refractivity contribution is 9.10. The van der Waals surface area contributed by atoms with E-state index in [1.807, 2.05) is 0 Å². The highest BCUT2D eigenvalue weighted by Gasteiger charge is 2.37. The number of non-ortho nitro benzene ring substituents is 1. The first kappa shape index (κ1) is 21.0. The molecule has 3 rings (SSSR count). The average Bonchev–Trinajstić information content (AvgIpc) is 2.70. The molecule has 0 saturated carbocycles. The molecular weight excluding hydrogens is 462 g/mol. The summed E-state index contributed by atoms with van der Waals surface area (Å²) in [7, 11) is 2.89. The first-order valence-electron chi connectivity index (χ1n) is 8.34. The molecule has 4 amide bonds. The van der Waals surface area contributed by atoms with Gasteiger partial charge in [-0.25, -0.2) is 9.69 Å². The van der Waals surface area contributed by atoms with Gasteiger partial charge in [-0.1, -0.05) is 6.07 Å². The fourth-order valence-electron chi connectivity index (χ4n) is 2.83. The highest BCUT2D eigenvalue weighted by atomic mass is 79.9. The van der Waals surface area contributed by atoms with Gasteiger partial charge in [-0.2, -0.15) is 0 Å². The number of carbonyl (C=O) groups is 3. The number of halogens is 1. The third kappa shape index (κ3) is 3.87. The lowest BCUT2D eigenvalue weighted by molar-refractivity contribution is -0.384. The van der Waals surface area contributed by atoms with E-state index in [1.165, 1.54) is 38.5 Å². The van der Waals surface area contributed by atoms with Gasteiger partial charge in [0.05, 0.1) is 29.3 Å². The number of amides is 4. The normalized spacial score (nSPS) is 15.2. The molecule has 0 unspecified atom stereocenters. The molecule has 0 bridgehead atoms. The fraction of sp³-hybridized carbons (Fsp3) is 0.105. The number of anilines is 1. The molecule has 1 heterocycles. The van der Waals surface area contributed by atoms with E-state index in [9.17, 15) is 24.5 Å². The summed E-state index contributed by atoms with van der Waals surface area (Å²) in [6.45, 7) is 0. The van der Waals surface area contributed by atoms with Gasteiger partial charge in [-0.3, -0.25) is 25.0 Å². The van der Waals surface area contributed by atoms with Crippen LogP contribution in [0, 0.1) is 10.1 Å². The van der Waals surface area contributed by atoms with E-state index < -0.39 is 22.8 Å². The van der Waals surface area contributed by atoms with Crippen LogP contribution in [0.25, 0.3) is 6.08 Å². The summed E-state index contributed by atoms with van der Waals surface area (Å²) in [5, 5.41) is 13.1. The third-order valence-corrected chi connectivity index (χ3v) is 4.76. The molecule has 1 fully saturated rings. The van der Waals surface area contributed by atoms with Crippen LogP contribution in [0.2, 0.25) is 0 Å². The largest absolute Gasteiger partial charge is 0.493 e. The Bertz CT molecular complexity index is 1110. The van der Waals surface area contributed by atoms with Crippen molar-refractivity contribution in [1.29, 1.82) is 0 Å². The molecule has 0 spiro atoms. The fourth-order valence-corrected chi connectivity index (χ4v) is 3.45. The van der Waals surface area contributed by atoms with Crippen molar-refractivity contribution in [3.05, 3.63) is 62.1 Å². The molecule has 10 nitrogen and oxygen atoms in total. The van der Waals surface area contributed by atoms with Crippen LogP contribution in [0.1, 0.15) is 5.56 Å². The van der Waals surface area contributed by atoms with Gasteiger partial charge in [0.1, 0.15) is 5.57 Å². The van der Waals surface area contributed by atoms with Crippen molar-refractivity contribution in [2.45, 2.75) is 0 Å². The zero-order chi connectivity index (χ0) is 22.0. The maximum atomic E-state index is 12.9. The van der Waals surface area contributed by atoms with Crippen molar-refractivity contribution < 1.29 is 28.8 Å². The number of ether oxygens (including phenoxy) is 2. The van der Waals surface area contributed by atoms with Crippen LogP contribution in [-0.4, -0.2) is 37.0 Å². The van der Waals surface area contributed by atoms with Crippen LogP contribution >= 0.6 is 15.9 Å². The highest BCUT2D eigenvalue weighted by Crippen LogP contribution is 2.37. The van der Waals surface area contributed by atoms with Gasteiger partial charge in [0.15, 0.2) is 11.5 Å². The predicted octanol–water partition coefficient (Wildman–Crippen LogP) is 3.04. The average molecular weight is 476 g/mol.